The van der Waals surface area contributed by atoms with Gasteiger partial charge in [-0.3, -0.25) is 4.79 Å². The number of carbonyl (C=O) groups excluding carboxylic acids is 1. The molecular weight excluding hydrogens is 306 g/mol. The minimum absolute atomic E-state index is 0.000990. The Kier molecular flexibility index (Phi) is 3.87. The monoisotopic (exact) mass is 325 g/mol. The number of nitrogens with zero attached hydrogens (tertiary/aromatic N) is 1. The van der Waals surface area contributed by atoms with E-state index in [1.165, 1.54) is 0 Å². The van der Waals surface area contributed by atoms with Crippen molar-refractivity contribution in [3.63, 3.8) is 0 Å². The summed E-state index contributed by atoms with van der Waals surface area (Å²) in [7, 11) is 0. The van der Waals surface area contributed by atoms with Crippen LogP contribution in [0.1, 0.15) is 19.4 Å². The molecule has 1 aromatic carbocycles. The number of hydrogen-bond acceptors (Lipinski definition) is 3. The van der Waals surface area contributed by atoms with Gasteiger partial charge in [-0.2, -0.15) is 0 Å². The van der Waals surface area contributed by atoms with Crippen molar-refractivity contribution in [3.8, 4) is 0 Å². The highest BCUT2D eigenvalue weighted by molar-refractivity contribution is 9.10. The Balaban J connectivity index is 2.41. The number of rotatable bonds is 2. The van der Waals surface area contributed by atoms with Crippen molar-refractivity contribution in [2.24, 2.45) is 5.73 Å². The number of benzene rings is 1. The van der Waals surface area contributed by atoms with E-state index in [9.17, 15) is 4.79 Å². The normalized spacial score (nSPS) is 22.3. The molecule has 104 valence electrons. The lowest BCUT2D eigenvalue weighted by molar-refractivity contribution is -0.125. The van der Waals surface area contributed by atoms with E-state index in [4.69, 9.17) is 5.73 Å². The molecule has 0 spiro atoms. The van der Waals surface area contributed by atoms with E-state index < -0.39 is 0 Å². The van der Waals surface area contributed by atoms with Gasteiger partial charge in [-0.05, 0) is 44.5 Å². The summed E-state index contributed by atoms with van der Waals surface area (Å²) in [5.74, 6) is 0.000990. The van der Waals surface area contributed by atoms with Crippen LogP contribution in [-0.2, 0) is 4.79 Å². The van der Waals surface area contributed by atoms with Crippen LogP contribution in [0, 0.1) is 6.92 Å². The van der Waals surface area contributed by atoms with Gasteiger partial charge in [0.05, 0.1) is 5.54 Å². The molecule has 4 nitrogen and oxygen atoms in total. The largest absolute Gasteiger partial charge is 0.356 e. The molecule has 1 heterocycles. The van der Waals surface area contributed by atoms with E-state index in [-0.39, 0.29) is 17.5 Å². The summed E-state index contributed by atoms with van der Waals surface area (Å²) in [6.07, 6.45) is 0. The maximum absolute atomic E-state index is 12.2. The van der Waals surface area contributed by atoms with Crippen molar-refractivity contribution >= 4 is 27.5 Å². The lowest BCUT2D eigenvalue weighted by Crippen LogP contribution is -2.66. The summed E-state index contributed by atoms with van der Waals surface area (Å²) in [5, 5.41) is 3.02. The number of carbonyl (C=O) groups is 1. The fourth-order valence-corrected chi connectivity index (χ4v) is 3.04. The molecule has 19 heavy (non-hydrogen) atoms. The average Bonchev–Trinajstić information content (AvgIpc) is 2.26. The predicted molar refractivity (Wildman–Crippen MR) is 81.3 cm³/mol. The number of nitrogens with two attached hydrogens (primary N) is 1. The van der Waals surface area contributed by atoms with Crippen LogP contribution >= 0.6 is 15.9 Å². The maximum Gasteiger partial charge on any atom is 0.244 e. The molecule has 0 bridgehead atoms. The highest BCUT2D eigenvalue weighted by Gasteiger charge is 2.38. The van der Waals surface area contributed by atoms with Crippen LogP contribution in [-0.4, -0.2) is 30.6 Å². The van der Waals surface area contributed by atoms with Crippen LogP contribution in [0.25, 0.3) is 0 Å². The van der Waals surface area contributed by atoms with Gasteiger partial charge in [0.1, 0.15) is 6.04 Å². The highest BCUT2D eigenvalue weighted by Crippen LogP contribution is 2.28. The SMILES string of the molecule is Cc1cc(Br)ccc1N1CC(C)(C)NC(=O)C1CN. The van der Waals surface area contributed by atoms with E-state index in [2.05, 4.69) is 32.2 Å². The quantitative estimate of drug-likeness (QED) is 0.871. The third kappa shape index (κ3) is 2.92. The summed E-state index contributed by atoms with van der Waals surface area (Å²) in [4.78, 5) is 14.3. The van der Waals surface area contributed by atoms with E-state index >= 15 is 0 Å². The number of aryl methyl sites for hydroxylation is 1. The number of nitrogens with one attached hydrogen (secondary N) is 1. The topological polar surface area (TPSA) is 58.4 Å². The minimum Gasteiger partial charge on any atom is -0.356 e. The van der Waals surface area contributed by atoms with Crippen molar-refractivity contribution in [2.75, 3.05) is 18.0 Å². The van der Waals surface area contributed by atoms with Gasteiger partial charge in [-0.25, -0.2) is 0 Å². The lowest BCUT2D eigenvalue weighted by Gasteiger charge is -2.45. The molecule has 5 heteroatoms. The fraction of sp³-hybridized carbons (Fsp3) is 0.500. The van der Waals surface area contributed by atoms with Crippen LogP contribution in [0.5, 0.6) is 0 Å². The van der Waals surface area contributed by atoms with E-state index in [0.717, 1.165) is 22.3 Å². The second kappa shape index (κ2) is 5.13. The first kappa shape index (κ1) is 14.3. The zero-order valence-corrected chi connectivity index (χ0v) is 13.1. The van der Waals surface area contributed by atoms with Gasteiger partial charge in [0.2, 0.25) is 5.91 Å². The molecule has 2 rings (SSSR count). The van der Waals surface area contributed by atoms with E-state index in [1.54, 1.807) is 0 Å². The smallest absolute Gasteiger partial charge is 0.244 e. The zero-order valence-electron chi connectivity index (χ0n) is 11.5. The molecule has 0 aromatic heterocycles. The number of halogens is 1. The average molecular weight is 326 g/mol. The van der Waals surface area contributed by atoms with E-state index in [0.29, 0.717) is 6.54 Å². The predicted octanol–water partition coefficient (Wildman–Crippen LogP) is 1.80. The molecular formula is C14H20BrN3O. The first-order valence-electron chi connectivity index (χ1n) is 6.39. The lowest BCUT2D eigenvalue weighted by atomic mass is 9.96. The van der Waals surface area contributed by atoms with Crippen molar-refractivity contribution < 1.29 is 4.79 Å². The number of piperazine rings is 1. The van der Waals surface area contributed by atoms with E-state index in [1.807, 2.05) is 32.9 Å². The Bertz CT molecular complexity index is 501. The highest BCUT2D eigenvalue weighted by atomic mass is 79.9. The molecule has 0 radical (unpaired) electrons. The van der Waals surface area contributed by atoms with Gasteiger partial charge in [-0.1, -0.05) is 15.9 Å². The van der Waals surface area contributed by atoms with Crippen molar-refractivity contribution in [1.82, 2.24) is 5.32 Å². The summed E-state index contributed by atoms with van der Waals surface area (Å²) < 4.78 is 1.04. The molecule has 1 fully saturated rings. The molecule has 3 N–H and O–H groups in total. The summed E-state index contributed by atoms with van der Waals surface area (Å²) in [6, 6.07) is 5.79. The van der Waals surface area contributed by atoms with Gasteiger partial charge in [-0.15, -0.1) is 0 Å². The van der Waals surface area contributed by atoms with Gasteiger partial charge in [0.25, 0.3) is 0 Å². The Labute approximate surface area is 122 Å². The molecule has 1 aliphatic heterocycles. The summed E-state index contributed by atoms with van der Waals surface area (Å²) in [6.45, 7) is 7.17. The molecule has 1 aliphatic rings. The van der Waals surface area contributed by atoms with Gasteiger partial charge in [0.15, 0.2) is 0 Å². The first-order valence-corrected chi connectivity index (χ1v) is 7.18. The Morgan fingerprint density at radius 2 is 2.21 bits per heavy atom. The second-order valence-corrected chi connectivity index (χ2v) is 6.60. The van der Waals surface area contributed by atoms with Crippen LogP contribution < -0.4 is 16.0 Å². The Hall–Kier alpha value is -1.07. The van der Waals surface area contributed by atoms with Gasteiger partial charge in [0, 0.05) is 23.2 Å². The molecule has 1 amide bonds. The van der Waals surface area contributed by atoms with Crippen LogP contribution in [0.3, 0.4) is 0 Å². The molecule has 1 atom stereocenters. The van der Waals surface area contributed by atoms with Crippen molar-refractivity contribution in [2.45, 2.75) is 32.4 Å². The van der Waals surface area contributed by atoms with Crippen molar-refractivity contribution in [3.05, 3.63) is 28.2 Å². The van der Waals surface area contributed by atoms with Crippen LogP contribution in [0.15, 0.2) is 22.7 Å². The fourth-order valence-electron chi connectivity index (χ4n) is 2.56. The van der Waals surface area contributed by atoms with Crippen LogP contribution in [0.2, 0.25) is 0 Å². The zero-order chi connectivity index (χ0) is 14.2. The number of amides is 1. The maximum atomic E-state index is 12.2. The summed E-state index contributed by atoms with van der Waals surface area (Å²) >= 11 is 3.46. The van der Waals surface area contributed by atoms with Gasteiger partial charge < -0.3 is 16.0 Å². The Morgan fingerprint density at radius 3 is 2.79 bits per heavy atom. The molecule has 0 aliphatic carbocycles. The first-order chi connectivity index (χ1) is 8.84. The minimum atomic E-state index is -0.298. The number of hydrogen-bond donors (Lipinski definition) is 2. The molecule has 1 unspecified atom stereocenters. The Morgan fingerprint density at radius 1 is 1.53 bits per heavy atom. The van der Waals surface area contributed by atoms with Crippen molar-refractivity contribution in [1.29, 1.82) is 0 Å². The third-order valence-electron chi connectivity index (χ3n) is 3.40. The standard InChI is InChI=1S/C14H20BrN3O/c1-9-6-10(15)4-5-11(9)18-8-14(2,3)17-13(19)12(18)7-16/h4-6,12H,7-8,16H2,1-3H3,(H,17,19). The van der Waals surface area contributed by atoms with Crippen LogP contribution in [0.4, 0.5) is 5.69 Å². The molecule has 1 saturated heterocycles. The molecule has 0 saturated carbocycles. The summed E-state index contributed by atoms with van der Waals surface area (Å²) in [5.41, 5.74) is 7.74. The second-order valence-electron chi connectivity index (χ2n) is 5.68. The number of anilines is 1. The third-order valence-corrected chi connectivity index (χ3v) is 3.89. The van der Waals surface area contributed by atoms with Gasteiger partial charge >= 0.3 is 0 Å². The molecule has 1 aromatic rings.